The Morgan fingerprint density at radius 2 is 2.10 bits per heavy atom. The van der Waals surface area contributed by atoms with E-state index >= 15 is 0 Å². The van der Waals surface area contributed by atoms with Crippen LogP contribution in [-0.2, 0) is 4.74 Å². The minimum absolute atomic E-state index is 0.0988. The zero-order valence-electron chi connectivity index (χ0n) is 12.8. The van der Waals surface area contributed by atoms with E-state index in [-0.39, 0.29) is 30.7 Å². The molecule has 1 aromatic carbocycles. The lowest BCUT2D eigenvalue weighted by atomic mass is 10.2. The molecular formula is C14H22N2O5. The van der Waals surface area contributed by atoms with Crippen LogP contribution >= 0.6 is 0 Å². The smallest absolute Gasteiger partial charge is 0.333 e. The summed E-state index contributed by atoms with van der Waals surface area (Å²) in [5, 5.41) is 21.1. The number of nitro benzene ring substituents is 1. The second-order valence-electron chi connectivity index (χ2n) is 5.04. The van der Waals surface area contributed by atoms with Gasteiger partial charge in [-0.3, -0.25) is 10.1 Å². The fourth-order valence-corrected chi connectivity index (χ4v) is 2.01. The van der Waals surface area contributed by atoms with E-state index in [1.54, 1.807) is 30.1 Å². The molecule has 1 N–H and O–H groups in total. The largest absolute Gasteiger partial charge is 0.484 e. The number of ether oxygens (including phenoxy) is 2. The highest BCUT2D eigenvalue weighted by Crippen LogP contribution is 2.37. The number of nitro groups is 1. The molecule has 0 aliphatic carbocycles. The number of anilines is 1. The van der Waals surface area contributed by atoms with Gasteiger partial charge in [-0.2, -0.15) is 0 Å². The summed E-state index contributed by atoms with van der Waals surface area (Å²) in [6, 6.07) is 4.89. The number of hydrogen-bond donors (Lipinski definition) is 1. The van der Waals surface area contributed by atoms with Gasteiger partial charge in [-0.25, -0.2) is 0 Å². The van der Waals surface area contributed by atoms with Gasteiger partial charge in [0.2, 0.25) is 0 Å². The van der Waals surface area contributed by atoms with E-state index in [1.165, 1.54) is 7.11 Å². The molecule has 0 fully saturated rings. The van der Waals surface area contributed by atoms with Gasteiger partial charge >= 0.3 is 5.69 Å². The van der Waals surface area contributed by atoms with Gasteiger partial charge in [0.1, 0.15) is 5.69 Å². The zero-order chi connectivity index (χ0) is 16.0. The summed E-state index contributed by atoms with van der Waals surface area (Å²) in [6.45, 7) is 4.01. The Morgan fingerprint density at radius 3 is 2.62 bits per heavy atom. The second-order valence-corrected chi connectivity index (χ2v) is 5.04. The molecular weight excluding hydrogens is 276 g/mol. The van der Waals surface area contributed by atoms with Crippen LogP contribution in [0.2, 0.25) is 0 Å². The summed E-state index contributed by atoms with van der Waals surface area (Å²) in [5.74, 6) is 0.223. The maximum atomic E-state index is 11.4. The van der Waals surface area contributed by atoms with E-state index in [4.69, 9.17) is 9.47 Å². The van der Waals surface area contributed by atoms with Crippen LogP contribution in [0, 0.1) is 10.1 Å². The number of aliphatic hydroxyl groups is 1. The van der Waals surface area contributed by atoms with Gasteiger partial charge < -0.3 is 19.5 Å². The van der Waals surface area contributed by atoms with Crippen LogP contribution in [0.3, 0.4) is 0 Å². The average molecular weight is 298 g/mol. The van der Waals surface area contributed by atoms with Crippen LogP contribution in [0.1, 0.15) is 13.8 Å². The number of nitrogens with zero attached hydrogens (tertiary/aromatic N) is 2. The number of likely N-dealkylation sites (N-methyl/N-ethyl adjacent to an activating group) is 1. The lowest BCUT2D eigenvalue weighted by molar-refractivity contribution is -0.385. The molecule has 0 aliphatic heterocycles. The average Bonchev–Trinajstić information content (AvgIpc) is 2.37. The zero-order valence-corrected chi connectivity index (χ0v) is 12.8. The first-order chi connectivity index (χ1) is 9.86. The van der Waals surface area contributed by atoms with Gasteiger partial charge in [0.15, 0.2) is 5.75 Å². The summed E-state index contributed by atoms with van der Waals surface area (Å²) < 4.78 is 10.4. The third-order valence-corrected chi connectivity index (χ3v) is 2.78. The Morgan fingerprint density at radius 1 is 1.43 bits per heavy atom. The van der Waals surface area contributed by atoms with Crippen LogP contribution in [0.25, 0.3) is 0 Å². The molecule has 1 unspecified atom stereocenters. The molecule has 1 aromatic rings. The number of para-hydroxylation sites is 1. The lowest BCUT2D eigenvalue weighted by Gasteiger charge is -2.23. The molecule has 0 aliphatic rings. The standard InChI is InChI=1S/C14H22N2O5/c1-10(2)21-13-7-5-6-12(14(13)16(18)19)15(3)8-11(17)9-20-4/h5-7,10-11,17H,8-9H2,1-4H3. The summed E-state index contributed by atoms with van der Waals surface area (Å²) in [6.07, 6.45) is -0.891. The Hall–Kier alpha value is -1.86. The van der Waals surface area contributed by atoms with Gasteiger partial charge in [-0.1, -0.05) is 6.07 Å². The van der Waals surface area contributed by atoms with Crippen molar-refractivity contribution in [3.05, 3.63) is 28.3 Å². The summed E-state index contributed by atoms with van der Waals surface area (Å²) in [7, 11) is 3.17. The quantitative estimate of drug-likeness (QED) is 0.582. The van der Waals surface area contributed by atoms with Crippen LogP contribution in [0.5, 0.6) is 5.75 Å². The van der Waals surface area contributed by atoms with E-state index in [9.17, 15) is 15.2 Å². The summed E-state index contributed by atoms with van der Waals surface area (Å²) in [5.41, 5.74) is 0.298. The van der Waals surface area contributed by atoms with Gasteiger partial charge in [0.05, 0.1) is 23.7 Å². The number of methoxy groups -OCH3 is 1. The Kier molecular flexibility index (Phi) is 6.39. The summed E-state index contributed by atoms with van der Waals surface area (Å²) >= 11 is 0. The predicted molar refractivity (Wildman–Crippen MR) is 80.0 cm³/mol. The molecule has 7 nitrogen and oxygen atoms in total. The highest BCUT2D eigenvalue weighted by Gasteiger charge is 2.25. The van der Waals surface area contributed by atoms with E-state index < -0.39 is 11.0 Å². The second kappa shape index (κ2) is 7.80. The van der Waals surface area contributed by atoms with E-state index in [2.05, 4.69) is 0 Å². The molecule has 0 heterocycles. The van der Waals surface area contributed by atoms with Crippen molar-refractivity contribution >= 4 is 11.4 Å². The van der Waals surface area contributed by atoms with Crippen molar-refractivity contribution in [1.29, 1.82) is 0 Å². The van der Waals surface area contributed by atoms with Crippen molar-refractivity contribution in [3.8, 4) is 5.75 Å². The van der Waals surface area contributed by atoms with Crippen molar-refractivity contribution < 1.29 is 19.5 Å². The SMILES string of the molecule is COCC(O)CN(C)c1cccc(OC(C)C)c1[N+](=O)[O-]. The van der Waals surface area contributed by atoms with E-state index in [0.717, 1.165) is 0 Å². The molecule has 0 saturated heterocycles. The molecule has 0 spiro atoms. The number of rotatable bonds is 8. The molecule has 21 heavy (non-hydrogen) atoms. The van der Waals surface area contributed by atoms with Crippen molar-refractivity contribution in [2.75, 3.05) is 32.2 Å². The minimum Gasteiger partial charge on any atom is -0.484 e. The molecule has 0 amide bonds. The Bertz CT molecular complexity index is 478. The van der Waals surface area contributed by atoms with Crippen LogP contribution < -0.4 is 9.64 Å². The lowest BCUT2D eigenvalue weighted by Crippen LogP contribution is -2.32. The maximum absolute atomic E-state index is 11.4. The third kappa shape index (κ3) is 4.87. The van der Waals surface area contributed by atoms with Gasteiger partial charge in [-0.15, -0.1) is 0 Å². The van der Waals surface area contributed by atoms with Crippen molar-refractivity contribution in [3.63, 3.8) is 0 Å². The molecule has 0 aromatic heterocycles. The van der Waals surface area contributed by atoms with Crippen LogP contribution in [0.4, 0.5) is 11.4 Å². The normalized spacial score (nSPS) is 12.3. The van der Waals surface area contributed by atoms with Crippen molar-refractivity contribution in [1.82, 2.24) is 0 Å². The van der Waals surface area contributed by atoms with Crippen molar-refractivity contribution in [2.24, 2.45) is 0 Å². The Labute approximate surface area is 124 Å². The van der Waals surface area contributed by atoms with E-state index in [1.807, 2.05) is 13.8 Å². The fourth-order valence-electron chi connectivity index (χ4n) is 2.01. The van der Waals surface area contributed by atoms with Crippen molar-refractivity contribution in [2.45, 2.75) is 26.1 Å². The summed E-state index contributed by atoms with van der Waals surface area (Å²) in [4.78, 5) is 12.5. The monoisotopic (exact) mass is 298 g/mol. The maximum Gasteiger partial charge on any atom is 0.333 e. The first-order valence-corrected chi connectivity index (χ1v) is 6.69. The van der Waals surface area contributed by atoms with Gasteiger partial charge in [0, 0.05) is 20.7 Å². The number of hydrogen-bond acceptors (Lipinski definition) is 6. The molecule has 1 rings (SSSR count). The highest BCUT2D eigenvalue weighted by atomic mass is 16.6. The number of aliphatic hydroxyl groups excluding tert-OH is 1. The molecule has 118 valence electrons. The first kappa shape index (κ1) is 17.2. The molecule has 0 saturated carbocycles. The molecule has 7 heteroatoms. The minimum atomic E-state index is -0.728. The van der Waals surface area contributed by atoms with Gasteiger partial charge in [0.25, 0.3) is 0 Å². The first-order valence-electron chi connectivity index (χ1n) is 6.69. The molecule has 0 radical (unpaired) electrons. The van der Waals surface area contributed by atoms with E-state index in [0.29, 0.717) is 5.69 Å². The highest BCUT2D eigenvalue weighted by molar-refractivity contribution is 5.69. The topological polar surface area (TPSA) is 85.1 Å². The predicted octanol–water partition coefficient (Wildman–Crippen LogP) is 1.83. The molecule has 1 atom stereocenters. The third-order valence-electron chi connectivity index (χ3n) is 2.78. The number of benzene rings is 1. The van der Waals surface area contributed by atoms with Gasteiger partial charge in [-0.05, 0) is 26.0 Å². The van der Waals surface area contributed by atoms with Crippen LogP contribution in [-0.4, -0.2) is 49.5 Å². The Balaban J connectivity index is 3.07. The van der Waals surface area contributed by atoms with Crippen LogP contribution in [0.15, 0.2) is 18.2 Å². The molecule has 0 bridgehead atoms. The fraction of sp³-hybridized carbons (Fsp3) is 0.571.